The second-order valence-electron chi connectivity index (χ2n) is 7.98. The summed E-state index contributed by atoms with van der Waals surface area (Å²) in [5.41, 5.74) is 0.904. The van der Waals surface area contributed by atoms with Crippen molar-refractivity contribution in [2.75, 3.05) is 11.9 Å². The standard InChI is InChI=1S/C24H22FN5O5/c1-14-2-7-17(30-24(35)29(8-9-31)22(33)13-27-30)10-20(14)28-23(34)19-12-26-21(32)11-18(19)15-3-5-16(25)6-4-15/h2-7,10,12-13,18,31H,8-9,11H2,1H3,(H,26,32)(H,28,34). The van der Waals surface area contributed by atoms with Crippen LogP contribution in [0, 0.1) is 12.7 Å². The van der Waals surface area contributed by atoms with Crippen molar-refractivity contribution in [3.63, 3.8) is 0 Å². The van der Waals surface area contributed by atoms with Crippen LogP contribution in [0.4, 0.5) is 10.1 Å². The molecule has 4 rings (SSSR count). The van der Waals surface area contributed by atoms with E-state index in [1.54, 1.807) is 19.1 Å². The van der Waals surface area contributed by atoms with Gasteiger partial charge in [0.15, 0.2) is 0 Å². The first-order valence-corrected chi connectivity index (χ1v) is 10.8. The van der Waals surface area contributed by atoms with Crippen molar-refractivity contribution in [1.29, 1.82) is 0 Å². The van der Waals surface area contributed by atoms with Crippen molar-refractivity contribution in [1.82, 2.24) is 19.7 Å². The van der Waals surface area contributed by atoms with Crippen LogP contribution in [0.2, 0.25) is 0 Å². The molecule has 0 saturated heterocycles. The summed E-state index contributed by atoms with van der Waals surface area (Å²) in [6, 6.07) is 10.4. The molecule has 1 aliphatic rings. The molecule has 0 fully saturated rings. The summed E-state index contributed by atoms with van der Waals surface area (Å²) in [6.45, 7) is 1.19. The Labute approximate surface area is 198 Å². The summed E-state index contributed by atoms with van der Waals surface area (Å²) in [7, 11) is 0. The van der Waals surface area contributed by atoms with Crippen molar-refractivity contribution in [3.05, 3.63) is 98.2 Å². The van der Waals surface area contributed by atoms with E-state index in [-0.39, 0.29) is 24.4 Å². The van der Waals surface area contributed by atoms with Gasteiger partial charge in [-0.25, -0.2) is 9.18 Å². The number of carbonyl (C=O) groups excluding carboxylic acids is 2. The normalized spacial score (nSPS) is 15.3. The number of nitrogens with one attached hydrogen (secondary N) is 2. The molecule has 0 radical (unpaired) electrons. The Bertz CT molecular complexity index is 1440. The Hall–Kier alpha value is -4.38. The highest BCUT2D eigenvalue weighted by Gasteiger charge is 2.29. The summed E-state index contributed by atoms with van der Waals surface area (Å²) in [5.74, 6) is -1.74. The summed E-state index contributed by atoms with van der Waals surface area (Å²) >= 11 is 0. The van der Waals surface area contributed by atoms with E-state index in [0.717, 1.165) is 15.4 Å². The van der Waals surface area contributed by atoms with Crippen LogP contribution in [0.25, 0.3) is 5.69 Å². The van der Waals surface area contributed by atoms with E-state index in [4.69, 9.17) is 5.11 Å². The minimum atomic E-state index is -0.734. The van der Waals surface area contributed by atoms with Crippen LogP contribution in [0.15, 0.2) is 70.0 Å². The number of hydrogen-bond acceptors (Lipinski definition) is 6. The van der Waals surface area contributed by atoms with Crippen LogP contribution in [0.5, 0.6) is 0 Å². The van der Waals surface area contributed by atoms with Gasteiger partial charge in [-0.05, 0) is 42.3 Å². The third-order valence-corrected chi connectivity index (χ3v) is 5.69. The fourth-order valence-electron chi connectivity index (χ4n) is 3.82. The van der Waals surface area contributed by atoms with Crippen LogP contribution in [0.1, 0.15) is 23.5 Å². The lowest BCUT2D eigenvalue weighted by atomic mass is 9.86. The molecule has 1 aromatic heterocycles. The van der Waals surface area contributed by atoms with Gasteiger partial charge in [-0.15, -0.1) is 0 Å². The topological polar surface area (TPSA) is 135 Å². The second-order valence-corrected chi connectivity index (χ2v) is 7.98. The predicted molar refractivity (Wildman–Crippen MR) is 125 cm³/mol. The number of rotatable bonds is 6. The van der Waals surface area contributed by atoms with Gasteiger partial charge in [0.25, 0.3) is 11.5 Å². The minimum absolute atomic E-state index is 0.0234. The Morgan fingerprint density at radius 1 is 1.20 bits per heavy atom. The zero-order chi connectivity index (χ0) is 25.1. The number of aryl methyl sites for hydroxylation is 1. The molecule has 3 N–H and O–H groups in total. The van der Waals surface area contributed by atoms with E-state index >= 15 is 0 Å². The molecule has 1 aliphatic heterocycles. The van der Waals surface area contributed by atoms with Gasteiger partial charge in [0, 0.05) is 29.8 Å². The van der Waals surface area contributed by atoms with Crippen LogP contribution < -0.4 is 21.9 Å². The molecule has 35 heavy (non-hydrogen) atoms. The monoisotopic (exact) mass is 479 g/mol. The van der Waals surface area contributed by atoms with Gasteiger partial charge in [-0.1, -0.05) is 18.2 Å². The number of aliphatic hydroxyl groups is 1. The molecule has 0 bridgehead atoms. The summed E-state index contributed by atoms with van der Waals surface area (Å²) in [4.78, 5) is 49.8. The number of nitrogens with zero attached hydrogens (tertiary/aromatic N) is 3. The predicted octanol–water partition coefficient (Wildman–Crippen LogP) is 0.960. The lowest BCUT2D eigenvalue weighted by Gasteiger charge is -2.24. The molecule has 0 spiro atoms. The molecule has 0 aliphatic carbocycles. The SMILES string of the molecule is Cc1ccc(-n2ncc(=O)n(CCO)c2=O)cc1NC(=O)C1=CNC(=O)CC1c1ccc(F)cc1. The van der Waals surface area contributed by atoms with Crippen LogP contribution in [-0.2, 0) is 16.1 Å². The molecule has 1 unspecified atom stereocenters. The van der Waals surface area contributed by atoms with Crippen molar-refractivity contribution in [2.45, 2.75) is 25.8 Å². The zero-order valence-electron chi connectivity index (χ0n) is 18.7. The van der Waals surface area contributed by atoms with Gasteiger partial charge in [-0.3, -0.25) is 19.0 Å². The first-order valence-electron chi connectivity index (χ1n) is 10.8. The second kappa shape index (κ2) is 9.85. The number of hydrogen-bond donors (Lipinski definition) is 3. The van der Waals surface area contributed by atoms with Gasteiger partial charge >= 0.3 is 5.69 Å². The number of aromatic nitrogens is 3. The molecule has 2 aromatic carbocycles. The lowest BCUT2D eigenvalue weighted by molar-refractivity contribution is -0.121. The lowest BCUT2D eigenvalue weighted by Crippen LogP contribution is -2.40. The van der Waals surface area contributed by atoms with Gasteiger partial charge in [0.1, 0.15) is 12.0 Å². The van der Waals surface area contributed by atoms with E-state index in [1.807, 2.05) is 0 Å². The molecule has 11 heteroatoms. The number of anilines is 1. The summed E-state index contributed by atoms with van der Waals surface area (Å²) < 4.78 is 15.2. The van der Waals surface area contributed by atoms with Crippen molar-refractivity contribution >= 4 is 17.5 Å². The quantitative estimate of drug-likeness (QED) is 0.482. The van der Waals surface area contributed by atoms with E-state index < -0.39 is 35.5 Å². The molecule has 180 valence electrons. The maximum Gasteiger partial charge on any atom is 0.352 e. The van der Waals surface area contributed by atoms with Gasteiger partial charge in [0.05, 0.1) is 18.8 Å². The van der Waals surface area contributed by atoms with Crippen molar-refractivity contribution < 1.29 is 19.1 Å². The van der Waals surface area contributed by atoms with E-state index in [2.05, 4.69) is 15.7 Å². The smallest absolute Gasteiger partial charge is 0.352 e. The fourth-order valence-corrected chi connectivity index (χ4v) is 3.82. The Kier molecular flexibility index (Phi) is 6.69. The summed E-state index contributed by atoms with van der Waals surface area (Å²) in [6.07, 6.45) is 2.33. The Morgan fingerprint density at radius 3 is 2.66 bits per heavy atom. The zero-order valence-corrected chi connectivity index (χ0v) is 18.7. The maximum absolute atomic E-state index is 13.4. The molecular formula is C24H22FN5O5. The van der Waals surface area contributed by atoms with Gasteiger partial charge in [0.2, 0.25) is 5.91 Å². The molecule has 2 amide bonds. The van der Waals surface area contributed by atoms with E-state index in [9.17, 15) is 23.6 Å². The molecule has 0 saturated carbocycles. The average Bonchev–Trinajstić information content (AvgIpc) is 2.84. The highest BCUT2D eigenvalue weighted by molar-refractivity contribution is 6.06. The molecule has 10 nitrogen and oxygen atoms in total. The third-order valence-electron chi connectivity index (χ3n) is 5.69. The van der Waals surface area contributed by atoms with Crippen LogP contribution >= 0.6 is 0 Å². The number of carbonyl (C=O) groups is 2. The number of halogens is 1. The van der Waals surface area contributed by atoms with E-state index in [1.165, 1.54) is 36.5 Å². The Balaban J connectivity index is 1.66. The maximum atomic E-state index is 13.4. The molecule has 3 aromatic rings. The van der Waals surface area contributed by atoms with Crippen LogP contribution in [-0.4, -0.2) is 37.9 Å². The van der Waals surface area contributed by atoms with Crippen LogP contribution in [0.3, 0.4) is 0 Å². The summed E-state index contributed by atoms with van der Waals surface area (Å²) in [5, 5.41) is 18.4. The van der Waals surface area contributed by atoms with Gasteiger partial charge in [-0.2, -0.15) is 9.78 Å². The Morgan fingerprint density at radius 2 is 1.94 bits per heavy atom. The van der Waals surface area contributed by atoms with Gasteiger partial charge < -0.3 is 15.7 Å². The van der Waals surface area contributed by atoms with Crippen molar-refractivity contribution in [3.8, 4) is 5.69 Å². The third kappa shape index (κ3) is 4.94. The highest BCUT2D eigenvalue weighted by atomic mass is 19.1. The fraction of sp³-hybridized carbons (Fsp3) is 0.208. The highest BCUT2D eigenvalue weighted by Crippen LogP contribution is 2.31. The molecule has 1 atom stereocenters. The number of aliphatic hydroxyl groups excluding tert-OH is 1. The minimum Gasteiger partial charge on any atom is -0.395 e. The largest absolute Gasteiger partial charge is 0.395 e. The van der Waals surface area contributed by atoms with Crippen molar-refractivity contribution in [2.24, 2.45) is 0 Å². The number of benzene rings is 2. The number of amides is 2. The average molecular weight is 479 g/mol. The van der Waals surface area contributed by atoms with E-state index in [0.29, 0.717) is 22.5 Å². The first kappa shape index (κ1) is 23.8. The molecular weight excluding hydrogens is 457 g/mol. The first-order chi connectivity index (χ1) is 16.8. The molecule has 2 heterocycles.